The van der Waals surface area contributed by atoms with Crippen LogP contribution >= 0.6 is 15.9 Å². The van der Waals surface area contributed by atoms with Crippen molar-refractivity contribution in [3.63, 3.8) is 0 Å². The van der Waals surface area contributed by atoms with Crippen LogP contribution in [0.5, 0.6) is 0 Å². The van der Waals surface area contributed by atoms with E-state index in [0.717, 1.165) is 10.4 Å². The molecule has 0 aliphatic rings. The molecule has 1 unspecified atom stereocenters. The zero-order valence-electron chi connectivity index (χ0n) is 12.7. The first-order valence-corrected chi connectivity index (χ1v) is 8.39. The molecule has 0 saturated heterocycles. The van der Waals surface area contributed by atoms with Crippen molar-refractivity contribution in [3.8, 4) is 0 Å². The maximum Gasteiger partial charge on any atom is 0.390 e. The summed E-state index contributed by atoms with van der Waals surface area (Å²) < 4.78 is 65.2. The van der Waals surface area contributed by atoms with E-state index in [4.69, 9.17) is 0 Å². The molecule has 0 aliphatic carbocycles. The van der Waals surface area contributed by atoms with Crippen LogP contribution in [-0.2, 0) is 11.0 Å². The molecule has 1 rings (SSSR count). The lowest BCUT2D eigenvalue weighted by molar-refractivity contribution is -0.143. The van der Waals surface area contributed by atoms with Gasteiger partial charge in [0.25, 0.3) is 0 Å². The molecule has 1 aromatic carbocycles. The van der Waals surface area contributed by atoms with Crippen molar-refractivity contribution in [2.45, 2.75) is 44.2 Å². The van der Waals surface area contributed by atoms with Crippen LogP contribution in [0.4, 0.5) is 17.6 Å². The van der Waals surface area contributed by atoms with Crippen LogP contribution in [0.15, 0.2) is 22.7 Å². The van der Waals surface area contributed by atoms with Gasteiger partial charge in [-0.25, -0.2) is 12.9 Å². The molecule has 0 amide bonds. The number of benzene rings is 1. The van der Waals surface area contributed by atoms with Gasteiger partial charge >= 0.3 is 6.18 Å². The number of alkyl halides is 3. The quantitative estimate of drug-likeness (QED) is 0.649. The number of halogens is 5. The van der Waals surface area contributed by atoms with Crippen molar-refractivity contribution in [3.05, 3.63) is 34.1 Å². The Kier molecular flexibility index (Phi) is 6.20. The third-order valence-electron chi connectivity index (χ3n) is 2.98. The van der Waals surface area contributed by atoms with Gasteiger partial charge < -0.3 is 0 Å². The number of rotatable bonds is 4. The van der Waals surface area contributed by atoms with E-state index < -0.39 is 40.2 Å². The Morgan fingerprint density at radius 3 is 2.23 bits per heavy atom. The highest BCUT2D eigenvalue weighted by molar-refractivity contribution is 9.10. The van der Waals surface area contributed by atoms with Gasteiger partial charge in [-0.05, 0) is 54.4 Å². The largest absolute Gasteiger partial charge is 0.390 e. The van der Waals surface area contributed by atoms with E-state index in [0.29, 0.717) is 0 Å². The molecule has 0 heterocycles. The first-order valence-electron chi connectivity index (χ1n) is 6.49. The second-order valence-electron chi connectivity index (χ2n) is 5.92. The number of nitrogens with zero attached hydrogens (tertiary/aromatic N) is 1. The molecule has 22 heavy (non-hydrogen) atoms. The fraction of sp³-hybridized carbons (Fsp3) is 0.571. The predicted molar refractivity (Wildman–Crippen MR) is 83.2 cm³/mol. The van der Waals surface area contributed by atoms with Gasteiger partial charge in [0.1, 0.15) is 16.8 Å². The molecule has 0 saturated carbocycles. The van der Waals surface area contributed by atoms with Gasteiger partial charge in [-0.1, -0.05) is 6.07 Å². The summed E-state index contributed by atoms with van der Waals surface area (Å²) in [7, 11) is -0.301. The molecule has 0 spiro atoms. The second kappa shape index (κ2) is 6.97. The van der Waals surface area contributed by atoms with Crippen molar-refractivity contribution in [2.75, 3.05) is 7.05 Å². The van der Waals surface area contributed by atoms with E-state index in [-0.39, 0.29) is 10.0 Å². The molecule has 1 aromatic rings. The molecule has 126 valence electrons. The topological polar surface area (TPSA) is 20.3 Å². The lowest BCUT2D eigenvalue weighted by Crippen LogP contribution is -2.39. The first-order chi connectivity index (χ1) is 9.83. The zero-order valence-corrected chi connectivity index (χ0v) is 15.1. The SMILES string of the molecule is CN([C@H](CC(F)(F)F)c1ccc(Br)c(F)c1)S(=O)C(C)(C)C. The predicted octanol–water partition coefficient (Wildman–Crippen LogP) is 4.98. The summed E-state index contributed by atoms with van der Waals surface area (Å²) in [6.07, 6.45) is -5.66. The van der Waals surface area contributed by atoms with E-state index in [2.05, 4.69) is 15.9 Å². The maximum absolute atomic E-state index is 13.6. The Hall–Kier alpha value is -0.470. The fourth-order valence-electron chi connectivity index (χ4n) is 1.94. The van der Waals surface area contributed by atoms with E-state index in [1.54, 1.807) is 20.8 Å². The van der Waals surface area contributed by atoms with Crippen LogP contribution in [-0.4, -0.2) is 26.5 Å². The Balaban J connectivity index is 3.23. The maximum atomic E-state index is 13.6. The Labute approximate surface area is 138 Å². The summed E-state index contributed by atoms with van der Waals surface area (Å²) in [5.74, 6) is -0.653. The normalized spacial score (nSPS) is 15.9. The van der Waals surface area contributed by atoms with Crippen molar-refractivity contribution in [1.29, 1.82) is 0 Å². The summed E-state index contributed by atoms with van der Waals surface area (Å²) in [6, 6.07) is 2.57. The highest BCUT2D eigenvalue weighted by Gasteiger charge is 2.38. The smallest absolute Gasteiger partial charge is 0.242 e. The Morgan fingerprint density at radius 2 is 1.82 bits per heavy atom. The summed E-state index contributed by atoms with van der Waals surface area (Å²) in [5.41, 5.74) is 0.137. The van der Waals surface area contributed by atoms with Crippen LogP contribution in [0.2, 0.25) is 0 Å². The minimum Gasteiger partial charge on any atom is -0.242 e. The molecule has 0 aliphatic heterocycles. The summed E-state index contributed by atoms with van der Waals surface area (Å²) in [5, 5.41) is 0. The van der Waals surface area contributed by atoms with E-state index >= 15 is 0 Å². The van der Waals surface area contributed by atoms with Gasteiger partial charge in [0, 0.05) is 7.05 Å². The van der Waals surface area contributed by atoms with Crippen LogP contribution in [0.1, 0.15) is 38.8 Å². The molecule has 8 heteroatoms. The Morgan fingerprint density at radius 1 is 1.27 bits per heavy atom. The first kappa shape index (κ1) is 19.6. The summed E-state index contributed by atoms with van der Waals surface area (Å²) in [6.45, 7) is 5.02. The van der Waals surface area contributed by atoms with Gasteiger partial charge in [0.2, 0.25) is 0 Å². The van der Waals surface area contributed by atoms with Crippen molar-refractivity contribution in [1.82, 2.24) is 4.31 Å². The Bertz CT molecular complexity index is 557. The molecule has 0 fully saturated rings. The molecule has 0 radical (unpaired) electrons. The van der Waals surface area contributed by atoms with E-state index in [1.165, 1.54) is 19.2 Å². The van der Waals surface area contributed by atoms with Crippen LogP contribution in [0, 0.1) is 5.82 Å². The molecule has 2 atom stereocenters. The molecule has 0 aromatic heterocycles. The standard InChI is InChI=1S/C14H18BrF4NOS/c1-13(2,3)22(21)20(4)12(8-14(17,18)19)9-5-6-10(15)11(16)7-9/h5-7,12H,8H2,1-4H3/t12-,22?/m1/s1. The van der Waals surface area contributed by atoms with Gasteiger partial charge in [-0.2, -0.15) is 13.2 Å². The van der Waals surface area contributed by atoms with Gasteiger partial charge in [0.15, 0.2) is 0 Å². The van der Waals surface area contributed by atoms with E-state index in [9.17, 15) is 21.8 Å². The summed E-state index contributed by atoms with van der Waals surface area (Å²) >= 11 is 2.97. The van der Waals surface area contributed by atoms with Gasteiger partial charge in [0.05, 0.1) is 21.7 Å². The highest BCUT2D eigenvalue weighted by Crippen LogP contribution is 2.36. The average molecular weight is 404 g/mol. The fourth-order valence-corrected chi connectivity index (χ4v) is 3.48. The zero-order chi connectivity index (χ0) is 17.3. The molecule has 0 bridgehead atoms. The third kappa shape index (κ3) is 5.31. The lowest BCUT2D eigenvalue weighted by Gasteiger charge is -2.33. The monoisotopic (exact) mass is 403 g/mol. The van der Waals surface area contributed by atoms with Crippen molar-refractivity contribution in [2.24, 2.45) is 0 Å². The van der Waals surface area contributed by atoms with Crippen LogP contribution in [0.3, 0.4) is 0 Å². The molecule has 2 nitrogen and oxygen atoms in total. The van der Waals surface area contributed by atoms with E-state index in [1.807, 2.05) is 0 Å². The minimum atomic E-state index is -4.45. The third-order valence-corrected chi connectivity index (χ3v) is 5.45. The van der Waals surface area contributed by atoms with Gasteiger partial charge in [-0.15, -0.1) is 0 Å². The van der Waals surface area contributed by atoms with Crippen LogP contribution in [0.25, 0.3) is 0 Å². The van der Waals surface area contributed by atoms with Gasteiger partial charge in [-0.3, -0.25) is 0 Å². The molecular formula is C14H18BrF4NOS. The highest BCUT2D eigenvalue weighted by atomic mass is 79.9. The number of hydrogen-bond donors (Lipinski definition) is 0. The second-order valence-corrected chi connectivity index (χ2v) is 9.07. The molecular weight excluding hydrogens is 386 g/mol. The average Bonchev–Trinajstić information content (AvgIpc) is 2.35. The summed E-state index contributed by atoms with van der Waals surface area (Å²) in [4.78, 5) is 0. The minimum absolute atomic E-state index is 0.137. The van der Waals surface area contributed by atoms with Crippen molar-refractivity contribution < 1.29 is 21.8 Å². The van der Waals surface area contributed by atoms with Crippen molar-refractivity contribution >= 4 is 26.9 Å². The lowest BCUT2D eigenvalue weighted by atomic mass is 10.0. The van der Waals surface area contributed by atoms with Crippen LogP contribution < -0.4 is 0 Å². The number of hydrogen-bond acceptors (Lipinski definition) is 1. The molecule has 0 N–H and O–H groups in total.